The number of urea groups is 1. The molecule has 2 fully saturated rings. The Kier molecular flexibility index (Phi) is 4.43. The molecule has 6 nitrogen and oxygen atoms in total. The Hall–Kier alpha value is -1.56. The van der Waals surface area contributed by atoms with Crippen molar-refractivity contribution in [2.75, 3.05) is 26.2 Å². The number of likely N-dealkylation sites (tertiary alicyclic amines) is 2. The molecule has 0 radical (unpaired) electrons. The average molecular weight is 291 g/mol. The molecule has 1 aromatic heterocycles. The lowest BCUT2D eigenvalue weighted by Crippen LogP contribution is -2.65. The van der Waals surface area contributed by atoms with E-state index >= 15 is 0 Å². The van der Waals surface area contributed by atoms with Crippen LogP contribution in [0.4, 0.5) is 4.79 Å². The highest BCUT2D eigenvalue weighted by Crippen LogP contribution is 2.24. The summed E-state index contributed by atoms with van der Waals surface area (Å²) in [6.45, 7) is 6.68. The topological polar surface area (TPSA) is 53.4 Å². The summed E-state index contributed by atoms with van der Waals surface area (Å²) in [5.41, 5.74) is 0. The van der Waals surface area contributed by atoms with Crippen LogP contribution in [-0.2, 0) is 6.54 Å². The van der Waals surface area contributed by atoms with Crippen molar-refractivity contribution in [3.63, 3.8) is 0 Å². The zero-order valence-corrected chi connectivity index (χ0v) is 12.7. The van der Waals surface area contributed by atoms with Gasteiger partial charge in [0.05, 0.1) is 6.33 Å². The van der Waals surface area contributed by atoms with Gasteiger partial charge in [-0.3, -0.25) is 4.90 Å². The first-order valence-electron chi connectivity index (χ1n) is 7.98. The molecule has 1 atom stereocenters. The molecule has 0 bridgehead atoms. The molecule has 3 heterocycles. The van der Waals surface area contributed by atoms with Crippen LogP contribution in [0.1, 0.15) is 26.2 Å². The van der Waals surface area contributed by atoms with E-state index in [9.17, 15) is 4.79 Å². The lowest BCUT2D eigenvalue weighted by Gasteiger charge is -2.49. The fraction of sp³-hybridized carbons (Fsp3) is 0.733. The first kappa shape index (κ1) is 14.4. The molecule has 21 heavy (non-hydrogen) atoms. The number of hydrogen-bond donors (Lipinski definition) is 1. The number of nitrogens with one attached hydrogen (secondary N) is 1. The zero-order chi connectivity index (χ0) is 14.7. The van der Waals surface area contributed by atoms with Gasteiger partial charge in [0.2, 0.25) is 0 Å². The molecule has 2 aliphatic heterocycles. The van der Waals surface area contributed by atoms with Crippen molar-refractivity contribution in [1.29, 1.82) is 0 Å². The van der Waals surface area contributed by atoms with Gasteiger partial charge in [-0.2, -0.15) is 0 Å². The second-order valence-corrected chi connectivity index (χ2v) is 6.17. The molecular weight excluding hydrogens is 266 g/mol. The number of nitrogens with zero attached hydrogens (tertiary/aromatic N) is 4. The summed E-state index contributed by atoms with van der Waals surface area (Å²) in [7, 11) is 0. The number of piperidine rings is 1. The van der Waals surface area contributed by atoms with E-state index in [-0.39, 0.29) is 6.03 Å². The van der Waals surface area contributed by atoms with Crippen molar-refractivity contribution in [2.24, 2.45) is 0 Å². The highest BCUT2D eigenvalue weighted by molar-refractivity contribution is 5.75. The van der Waals surface area contributed by atoms with E-state index in [4.69, 9.17) is 0 Å². The number of aromatic nitrogens is 2. The number of rotatable bonds is 4. The van der Waals surface area contributed by atoms with Gasteiger partial charge in [0.25, 0.3) is 0 Å². The molecule has 1 N–H and O–H groups in total. The number of carbonyl (C=O) groups excluding carboxylic acids is 1. The van der Waals surface area contributed by atoms with Gasteiger partial charge in [-0.05, 0) is 26.3 Å². The molecule has 0 unspecified atom stereocenters. The van der Waals surface area contributed by atoms with E-state index in [1.54, 1.807) is 12.5 Å². The van der Waals surface area contributed by atoms with Crippen molar-refractivity contribution >= 4 is 6.03 Å². The molecule has 0 aromatic carbocycles. The van der Waals surface area contributed by atoms with Crippen LogP contribution in [0.15, 0.2) is 18.7 Å². The number of hydrogen-bond acceptors (Lipinski definition) is 3. The first-order chi connectivity index (χ1) is 10.2. The van der Waals surface area contributed by atoms with Crippen LogP contribution in [0.25, 0.3) is 0 Å². The van der Waals surface area contributed by atoms with Crippen LogP contribution in [0.2, 0.25) is 0 Å². The van der Waals surface area contributed by atoms with E-state index in [1.807, 2.05) is 15.7 Å². The minimum absolute atomic E-state index is 0.0658. The number of imidazole rings is 1. The molecule has 3 rings (SSSR count). The molecule has 6 heteroatoms. The van der Waals surface area contributed by atoms with Crippen LogP contribution >= 0.6 is 0 Å². The smallest absolute Gasteiger partial charge is 0.317 e. The minimum Gasteiger partial charge on any atom is -0.336 e. The summed E-state index contributed by atoms with van der Waals surface area (Å²) >= 11 is 0. The van der Waals surface area contributed by atoms with Crippen LogP contribution in [0.3, 0.4) is 0 Å². The lowest BCUT2D eigenvalue weighted by atomic mass is 9.98. The van der Waals surface area contributed by atoms with Gasteiger partial charge in [0, 0.05) is 50.7 Å². The third-order valence-corrected chi connectivity index (χ3v) is 4.68. The first-order valence-corrected chi connectivity index (χ1v) is 7.98. The largest absolute Gasteiger partial charge is 0.336 e. The van der Waals surface area contributed by atoms with Gasteiger partial charge in [-0.25, -0.2) is 9.78 Å². The summed E-state index contributed by atoms with van der Waals surface area (Å²) in [4.78, 5) is 20.5. The summed E-state index contributed by atoms with van der Waals surface area (Å²) in [6.07, 6.45) is 9.38. The van der Waals surface area contributed by atoms with Crippen LogP contribution in [0.5, 0.6) is 0 Å². The Balaban J connectivity index is 1.36. The Labute approximate surface area is 126 Å². The summed E-state index contributed by atoms with van der Waals surface area (Å²) in [6, 6.07) is 1.31. The highest BCUT2D eigenvalue weighted by Gasteiger charge is 2.37. The highest BCUT2D eigenvalue weighted by atomic mass is 16.2. The fourth-order valence-corrected chi connectivity index (χ4v) is 3.32. The molecule has 2 amide bonds. The molecule has 0 aliphatic carbocycles. The molecule has 1 aromatic rings. The fourth-order valence-electron chi connectivity index (χ4n) is 3.32. The molecular formula is C15H25N5O. The summed E-state index contributed by atoms with van der Waals surface area (Å²) < 4.78 is 1.97. The van der Waals surface area contributed by atoms with Crippen molar-refractivity contribution in [2.45, 2.75) is 44.8 Å². The molecule has 0 saturated carbocycles. The van der Waals surface area contributed by atoms with Gasteiger partial charge >= 0.3 is 6.03 Å². The van der Waals surface area contributed by atoms with Gasteiger partial charge < -0.3 is 14.8 Å². The number of carbonyl (C=O) groups is 1. The molecule has 116 valence electrons. The van der Waals surface area contributed by atoms with E-state index in [0.717, 1.165) is 19.6 Å². The standard InChI is InChI=1S/C15H25N5O/c1-13-4-2-3-7-20(13)14-10-19(11-14)15(21)17-6-9-18-8-5-16-12-18/h5,8,12-14H,2-4,6-7,9-11H2,1H3,(H,17,21)/t13-/m0/s1. The third kappa shape index (κ3) is 3.37. The van der Waals surface area contributed by atoms with Gasteiger partial charge in [-0.15, -0.1) is 0 Å². The van der Waals surface area contributed by atoms with Crippen molar-refractivity contribution < 1.29 is 4.79 Å². The predicted octanol–water partition coefficient (Wildman–Crippen LogP) is 1.15. The maximum absolute atomic E-state index is 12.0. The van der Waals surface area contributed by atoms with Crippen LogP contribution in [0, 0.1) is 0 Å². The Morgan fingerprint density at radius 1 is 1.38 bits per heavy atom. The second-order valence-electron chi connectivity index (χ2n) is 6.17. The number of amides is 2. The Morgan fingerprint density at radius 3 is 2.95 bits per heavy atom. The SMILES string of the molecule is C[C@H]1CCCCN1C1CN(C(=O)NCCn2ccnc2)C1. The molecule has 2 saturated heterocycles. The van der Waals surface area contributed by atoms with E-state index in [2.05, 4.69) is 22.1 Å². The maximum atomic E-state index is 12.0. The lowest BCUT2D eigenvalue weighted by molar-refractivity contribution is 0.0169. The quantitative estimate of drug-likeness (QED) is 0.905. The van der Waals surface area contributed by atoms with Gasteiger partial charge in [0.1, 0.15) is 0 Å². The van der Waals surface area contributed by atoms with Gasteiger partial charge in [-0.1, -0.05) is 6.42 Å². The van der Waals surface area contributed by atoms with E-state index in [1.165, 1.54) is 25.8 Å². The third-order valence-electron chi connectivity index (χ3n) is 4.68. The molecule has 2 aliphatic rings. The predicted molar refractivity (Wildman–Crippen MR) is 81.0 cm³/mol. The maximum Gasteiger partial charge on any atom is 0.317 e. The summed E-state index contributed by atoms with van der Waals surface area (Å²) in [5, 5.41) is 2.98. The van der Waals surface area contributed by atoms with E-state index in [0.29, 0.717) is 18.6 Å². The van der Waals surface area contributed by atoms with Gasteiger partial charge in [0.15, 0.2) is 0 Å². The summed E-state index contributed by atoms with van der Waals surface area (Å²) in [5.74, 6) is 0. The normalized spacial score (nSPS) is 23.9. The Morgan fingerprint density at radius 2 is 2.24 bits per heavy atom. The minimum atomic E-state index is 0.0658. The van der Waals surface area contributed by atoms with Crippen molar-refractivity contribution in [1.82, 2.24) is 24.7 Å². The van der Waals surface area contributed by atoms with Crippen molar-refractivity contribution in [3.8, 4) is 0 Å². The van der Waals surface area contributed by atoms with E-state index < -0.39 is 0 Å². The zero-order valence-electron chi connectivity index (χ0n) is 12.7. The average Bonchev–Trinajstić information content (AvgIpc) is 2.92. The Bertz CT molecular complexity index is 455. The molecule has 0 spiro atoms. The van der Waals surface area contributed by atoms with Crippen molar-refractivity contribution in [3.05, 3.63) is 18.7 Å². The van der Waals surface area contributed by atoms with Crippen LogP contribution < -0.4 is 5.32 Å². The van der Waals surface area contributed by atoms with Crippen LogP contribution in [-0.4, -0.2) is 63.6 Å². The monoisotopic (exact) mass is 291 g/mol. The second kappa shape index (κ2) is 6.47.